The largest absolute Gasteiger partial charge is 0.305 e. The van der Waals surface area contributed by atoms with Crippen LogP contribution in [0.1, 0.15) is 44.5 Å². The Bertz CT molecular complexity index is 5280. The number of nitrogens with zero attached hydrogens (tertiary/aromatic N) is 7. The highest BCUT2D eigenvalue weighted by molar-refractivity contribution is 6.17. The Morgan fingerprint density at radius 2 is 0.540 bits per heavy atom. The Morgan fingerprint density at radius 1 is 0.241 bits per heavy atom. The van der Waals surface area contributed by atoms with E-state index < -0.39 is 0 Å². The average Bonchev–Trinajstić information content (AvgIpc) is 1.62. The van der Waals surface area contributed by atoms with Crippen molar-refractivity contribution in [3.05, 3.63) is 269 Å². The molecule has 0 N–H and O–H groups in total. The number of imidazole rings is 1. The van der Waals surface area contributed by atoms with Gasteiger partial charge in [0.15, 0.2) is 11.6 Å². The van der Waals surface area contributed by atoms with Gasteiger partial charge in [-0.1, -0.05) is 148 Å². The average molecular weight is 1120 g/mol. The number of para-hydroxylation sites is 3. The van der Waals surface area contributed by atoms with E-state index in [4.69, 9.17) is 9.97 Å². The first-order valence-electron chi connectivity index (χ1n) is 30.2. The Labute approximate surface area is 503 Å². The molecule has 0 spiro atoms. The fraction of sp³-hybridized carbons (Fsp3) is 0.100. The molecule has 0 saturated heterocycles. The molecule has 0 amide bonds. The van der Waals surface area contributed by atoms with E-state index in [-0.39, 0.29) is 0 Å². The Kier molecular flexibility index (Phi) is 11.0. The highest BCUT2D eigenvalue weighted by Crippen LogP contribution is 2.51. The second kappa shape index (κ2) is 18.9. The predicted octanol–water partition coefficient (Wildman–Crippen LogP) is 20.6. The lowest BCUT2D eigenvalue weighted by Gasteiger charge is -2.27. The Hall–Kier alpha value is -10.8. The molecule has 0 aliphatic rings. The Balaban J connectivity index is 1.21. The van der Waals surface area contributed by atoms with Gasteiger partial charge >= 0.3 is 0 Å². The summed E-state index contributed by atoms with van der Waals surface area (Å²) in [4.78, 5) is 12.3. The van der Waals surface area contributed by atoms with Crippen LogP contribution in [0.5, 0.6) is 0 Å². The van der Waals surface area contributed by atoms with Gasteiger partial charge in [0.25, 0.3) is 0 Å². The summed E-state index contributed by atoms with van der Waals surface area (Å²) in [5.74, 6) is 2.43. The van der Waals surface area contributed by atoms with Gasteiger partial charge in [0.2, 0.25) is 0 Å². The van der Waals surface area contributed by atoms with E-state index in [2.05, 4.69) is 303 Å². The van der Waals surface area contributed by atoms with E-state index in [0.717, 1.165) is 106 Å². The van der Waals surface area contributed by atoms with Crippen molar-refractivity contribution in [1.29, 1.82) is 0 Å². The number of hydrogen-bond acceptors (Lipinski definition) is 2. The van der Waals surface area contributed by atoms with Crippen LogP contribution in [0, 0.1) is 55.4 Å². The van der Waals surface area contributed by atoms with Crippen molar-refractivity contribution in [2.75, 3.05) is 0 Å². The number of benzene rings is 11. The molecule has 416 valence electrons. The molecule has 0 atom stereocenters. The summed E-state index contributed by atoms with van der Waals surface area (Å²) < 4.78 is 12.4. The monoisotopic (exact) mass is 1120 g/mol. The van der Waals surface area contributed by atoms with Gasteiger partial charge in [-0.25, -0.2) is 9.97 Å². The number of pyridine rings is 1. The topological polar surface area (TPSA) is 50.4 Å². The van der Waals surface area contributed by atoms with Gasteiger partial charge in [-0.3, -0.25) is 13.7 Å². The normalized spacial score (nSPS) is 12.1. The van der Waals surface area contributed by atoms with E-state index in [0.29, 0.717) is 0 Å². The minimum atomic E-state index is 0.796. The molecule has 11 aromatic carbocycles. The van der Waals surface area contributed by atoms with Crippen LogP contribution in [-0.4, -0.2) is 32.8 Å². The summed E-state index contributed by atoms with van der Waals surface area (Å²) >= 11 is 0. The van der Waals surface area contributed by atoms with E-state index in [9.17, 15) is 0 Å². The number of rotatable bonds is 7. The molecule has 0 fully saturated rings. The third-order valence-corrected chi connectivity index (χ3v) is 18.3. The number of aromatic nitrogens is 7. The quantitative estimate of drug-likeness (QED) is 0.160. The fourth-order valence-electron chi connectivity index (χ4n) is 14.4. The van der Waals surface area contributed by atoms with Crippen LogP contribution in [0.4, 0.5) is 0 Å². The molecule has 0 bridgehead atoms. The van der Waals surface area contributed by atoms with Gasteiger partial charge in [0.1, 0.15) is 17.2 Å². The maximum absolute atomic E-state index is 6.61. The number of aryl methyl sites for hydroxylation is 8. The van der Waals surface area contributed by atoms with Gasteiger partial charge in [-0.05, 0) is 182 Å². The van der Waals surface area contributed by atoms with Crippen molar-refractivity contribution < 1.29 is 0 Å². The van der Waals surface area contributed by atoms with Crippen LogP contribution in [0.3, 0.4) is 0 Å². The molecule has 0 saturated carbocycles. The van der Waals surface area contributed by atoms with E-state index >= 15 is 0 Å². The summed E-state index contributed by atoms with van der Waals surface area (Å²) in [6, 6.07) is 84.0. The van der Waals surface area contributed by atoms with Gasteiger partial charge in [-0.2, -0.15) is 0 Å². The van der Waals surface area contributed by atoms with E-state index in [1.807, 2.05) is 0 Å². The standard InChI is InChI=1S/C80H61N7/c1-46-22-30-66-57(38-46)58-39-47(2)23-31-67(58)84(66)76-75(55-18-12-13-19-56(55)78-81-65-20-14-15-21-74(65)83(78)54-16-10-9-11-17-54)77(85-68-32-24-48(3)40-59(68)60-41-49(4)25-33-69(60)85)80(87-72-36-28-52(7)44-63(72)64-45-53(8)29-37-73(64)87)82-79(76)86-70-34-26-50(5)42-61(70)62-43-51(6)27-35-71(62)86/h9-45H,1-8H3. The maximum atomic E-state index is 6.61. The van der Waals surface area contributed by atoms with E-state index in [1.165, 1.54) is 87.6 Å². The van der Waals surface area contributed by atoms with E-state index in [1.54, 1.807) is 0 Å². The third-order valence-electron chi connectivity index (χ3n) is 18.3. The Morgan fingerprint density at radius 3 is 0.897 bits per heavy atom. The molecule has 87 heavy (non-hydrogen) atoms. The van der Waals surface area contributed by atoms with Crippen molar-refractivity contribution in [1.82, 2.24) is 32.8 Å². The van der Waals surface area contributed by atoms with Crippen molar-refractivity contribution in [3.8, 4) is 51.2 Å². The van der Waals surface area contributed by atoms with Crippen molar-refractivity contribution in [3.63, 3.8) is 0 Å². The molecule has 7 heteroatoms. The third kappa shape index (κ3) is 7.55. The molecule has 0 aliphatic heterocycles. The lowest BCUT2D eigenvalue weighted by molar-refractivity contribution is 0.960. The second-order valence-corrected chi connectivity index (χ2v) is 24.5. The van der Waals surface area contributed by atoms with Crippen molar-refractivity contribution >= 4 is 98.3 Å². The summed E-state index contributed by atoms with van der Waals surface area (Å²) in [5.41, 5.74) is 26.0. The van der Waals surface area contributed by atoms with Crippen LogP contribution < -0.4 is 0 Å². The second-order valence-electron chi connectivity index (χ2n) is 24.5. The van der Waals surface area contributed by atoms with Gasteiger partial charge in [0, 0.05) is 59.9 Å². The van der Waals surface area contributed by atoms with Crippen LogP contribution in [0.15, 0.2) is 224 Å². The lowest BCUT2D eigenvalue weighted by Crippen LogP contribution is -2.16. The van der Waals surface area contributed by atoms with Crippen LogP contribution in [0.2, 0.25) is 0 Å². The molecule has 17 rings (SSSR count). The van der Waals surface area contributed by atoms with Gasteiger partial charge < -0.3 is 9.13 Å². The summed E-state index contributed by atoms with van der Waals surface area (Å²) in [5, 5.41) is 9.43. The zero-order valence-corrected chi connectivity index (χ0v) is 50.0. The highest BCUT2D eigenvalue weighted by Gasteiger charge is 2.34. The predicted molar refractivity (Wildman–Crippen MR) is 365 cm³/mol. The summed E-state index contributed by atoms with van der Waals surface area (Å²) in [7, 11) is 0. The first-order chi connectivity index (χ1) is 42.4. The van der Waals surface area contributed by atoms with Crippen molar-refractivity contribution in [2.45, 2.75) is 55.4 Å². The molecule has 0 aliphatic carbocycles. The number of hydrogen-bond donors (Lipinski definition) is 0. The molecule has 0 radical (unpaired) electrons. The first-order valence-corrected chi connectivity index (χ1v) is 30.2. The molecule has 17 aromatic rings. The summed E-state index contributed by atoms with van der Waals surface area (Å²) in [6.45, 7) is 17.7. The van der Waals surface area contributed by atoms with Crippen LogP contribution in [0.25, 0.3) is 149 Å². The van der Waals surface area contributed by atoms with Crippen LogP contribution in [-0.2, 0) is 0 Å². The zero-order chi connectivity index (χ0) is 58.7. The smallest absolute Gasteiger partial charge is 0.165 e. The molecular weight excluding hydrogens is 1060 g/mol. The fourth-order valence-corrected chi connectivity index (χ4v) is 14.4. The minimum Gasteiger partial charge on any atom is -0.305 e. The highest BCUT2D eigenvalue weighted by atomic mass is 15.2. The minimum absolute atomic E-state index is 0.796. The zero-order valence-electron chi connectivity index (χ0n) is 50.0. The number of fused-ring (bicyclic) bond motifs is 13. The molecular formula is C80H61N7. The maximum Gasteiger partial charge on any atom is 0.165 e. The SMILES string of the molecule is Cc1ccc2c(c1)c1cc(C)ccc1n2-c1nc(-n2c3ccc(C)cc3c3cc(C)ccc32)c(-n2c3ccc(C)cc3c3cc(C)ccc32)c(-c2ccccc2-c2nc3ccccc3n2-c2ccccc2)c1-n1c2ccc(C)cc2c2cc(C)ccc21. The lowest BCUT2D eigenvalue weighted by atomic mass is 9.95. The van der Waals surface area contributed by atoms with Crippen molar-refractivity contribution in [2.24, 2.45) is 0 Å². The summed E-state index contributed by atoms with van der Waals surface area (Å²) in [6.07, 6.45) is 0. The van der Waals surface area contributed by atoms with Gasteiger partial charge in [0.05, 0.1) is 55.2 Å². The molecule has 0 unspecified atom stereocenters. The molecule has 6 heterocycles. The first kappa shape index (κ1) is 50.7. The van der Waals surface area contributed by atoms with Gasteiger partial charge in [-0.15, -0.1) is 0 Å². The van der Waals surface area contributed by atoms with Crippen LogP contribution >= 0.6 is 0 Å². The molecule has 6 aromatic heterocycles. The molecule has 7 nitrogen and oxygen atoms in total.